The maximum absolute atomic E-state index is 7.78. The summed E-state index contributed by atoms with van der Waals surface area (Å²) in [6.45, 7) is 2.26. The summed E-state index contributed by atoms with van der Waals surface area (Å²) in [6, 6.07) is 6.84. The molecule has 1 saturated carbocycles. The predicted octanol–water partition coefficient (Wildman–Crippen LogP) is 2.54. The van der Waals surface area contributed by atoms with Crippen molar-refractivity contribution in [1.82, 2.24) is 15.3 Å². The van der Waals surface area contributed by atoms with Crippen LogP contribution in [0.1, 0.15) is 31.4 Å². The Morgan fingerprint density at radius 1 is 1.25 bits per heavy atom. The first kappa shape index (κ1) is 18.8. The molecule has 0 bridgehead atoms. The SMILES string of the molecule is N=C/C(=C\NC1CC(CCCN)C1)c1cnc2ccc(NC3COC3)cc2n1. The summed E-state index contributed by atoms with van der Waals surface area (Å²) in [4.78, 5) is 9.24. The van der Waals surface area contributed by atoms with Gasteiger partial charge in [-0.3, -0.25) is 4.98 Å². The lowest BCUT2D eigenvalue weighted by Crippen LogP contribution is -2.40. The minimum absolute atomic E-state index is 0.367. The highest BCUT2D eigenvalue weighted by atomic mass is 16.5. The number of benzene rings is 1. The van der Waals surface area contributed by atoms with Crippen LogP contribution in [0, 0.1) is 11.3 Å². The van der Waals surface area contributed by atoms with E-state index in [9.17, 15) is 0 Å². The molecule has 0 atom stereocenters. The van der Waals surface area contributed by atoms with Gasteiger partial charge in [0.15, 0.2) is 0 Å². The van der Waals surface area contributed by atoms with E-state index in [0.717, 1.165) is 54.4 Å². The molecule has 1 saturated heterocycles. The molecular formula is C21H28N6O. The fraction of sp³-hybridized carbons (Fsp3) is 0.476. The van der Waals surface area contributed by atoms with Crippen molar-refractivity contribution in [3.05, 3.63) is 36.3 Å². The largest absolute Gasteiger partial charge is 0.388 e. The third-order valence-corrected chi connectivity index (χ3v) is 5.53. The zero-order valence-corrected chi connectivity index (χ0v) is 16.0. The van der Waals surface area contributed by atoms with Gasteiger partial charge in [0, 0.05) is 29.7 Å². The molecule has 28 heavy (non-hydrogen) atoms. The molecule has 7 heteroatoms. The van der Waals surface area contributed by atoms with Crippen LogP contribution in [0.5, 0.6) is 0 Å². The van der Waals surface area contributed by atoms with Crippen LogP contribution in [0.3, 0.4) is 0 Å². The number of anilines is 1. The number of rotatable bonds is 9. The first-order chi connectivity index (χ1) is 13.7. The Balaban J connectivity index is 1.42. The monoisotopic (exact) mass is 380 g/mol. The zero-order valence-electron chi connectivity index (χ0n) is 16.0. The van der Waals surface area contributed by atoms with Crippen LogP contribution in [0.25, 0.3) is 16.6 Å². The fourth-order valence-electron chi connectivity index (χ4n) is 3.71. The fourth-order valence-corrected chi connectivity index (χ4v) is 3.71. The summed E-state index contributed by atoms with van der Waals surface area (Å²) in [5, 5.41) is 14.7. The van der Waals surface area contributed by atoms with Gasteiger partial charge in [-0.15, -0.1) is 0 Å². The van der Waals surface area contributed by atoms with Crippen molar-refractivity contribution in [2.24, 2.45) is 11.7 Å². The molecule has 5 N–H and O–H groups in total. The van der Waals surface area contributed by atoms with E-state index in [1.165, 1.54) is 25.5 Å². The molecule has 2 aliphatic rings. The zero-order chi connectivity index (χ0) is 19.3. The van der Waals surface area contributed by atoms with Crippen LogP contribution >= 0.6 is 0 Å². The van der Waals surface area contributed by atoms with Gasteiger partial charge >= 0.3 is 0 Å². The smallest absolute Gasteiger partial charge is 0.0922 e. The number of hydrogen-bond acceptors (Lipinski definition) is 7. The van der Waals surface area contributed by atoms with E-state index in [1.807, 2.05) is 24.4 Å². The molecule has 4 rings (SSSR count). The second-order valence-corrected chi connectivity index (χ2v) is 7.71. The van der Waals surface area contributed by atoms with Gasteiger partial charge in [0.1, 0.15) is 0 Å². The lowest BCUT2D eigenvalue weighted by Gasteiger charge is -2.35. The van der Waals surface area contributed by atoms with Gasteiger partial charge in [-0.1, -0.05) is 0 Å². The minimum Gasteiger partial charge on any atom is -0.388 e. The molecule has 1 aliphatic heterocycles. The second-order valence-electron chi connectivity index (χ2n) is 7.71. The summed E-state index contributed by atoms with van der Waals surface area (Å²) in [7, 11) is 0. The van der Waals surface area contributed by atoms with Gasteiger partial charge in [0.2, 0.25) is 0 Å². The second kappa shape index (κ2) is 8.67. The van der Waals surface area contributed by atoms with Crippen molar-refractivity contribution in [1.29, 1.82) is 5.41 Å². The van der Waals surface area contributed by atoms with Gasteiger partial charge < -0.3 is 26.5 Å². The van der Waals surface area contributed by atoms with Crippen molar-refractivity contribution in [3.8, 4) is 0 Å². The Morgan fingerprint density at radius 3 is 2.82 bits per heavy atom. The quantitative estimate of drug-likeness (QED) is 0.498. The normalized spacial score (nSPS) is 22.4. The topological polar surface area (TPSA) is 109 Å². The Hall–Kier alpha value is -2.51. The average Bonchev–Trinajstić information content (AvgIpc) is 2.65. The number of nitrogens with two attached hydrogens (primary N) is 1. The van der Waals surface area contributed by atoms with Crippen molar-refractivity contribution in [3.63, 3.8) is 0 Å². The van der Waals surface area contributed by atoms with Gasteiger partial charge in [0.25, 0.3) is 0 Å². The standard InChI is InChI=1S/C21H28N6O/c22-5-1-2-14-6-17(7-14)24-10-15(9-23)21-11-25-19-4-3-16(8-20(19)27-21)26-18-12-28-13-18/h3-4,8-11,14,17-18,23-24,26H,1-2,5-7,12-13,22H2/b15-10+,23-9?. The summed E-state index contributed by atoms with van der Waals surface area (Å²) in [6.07, 6.45) is 9.64. The number of hydrogen-bond donors (Lipinski definition) is 4. The van der Waals surface area contributed by atoms with Crippen LogP contribution in [0.4, 0.5) is 5.69 Å². The number of nitrogens with one attached hydrogen (secondary N) is 3. The highest BCUT2D eigenvalue weighted by molar-refractivity contribution is 6.07. The van der Waals surface area contributed by atoms with Gasteiger partial charge in [-0.2, -0.15) is 0 Å². The predicted molar refractivity (Wildman–Crippen MR) is 112 cm³/mol. The van der Waals surface area contributed by atoms with E-state index >= 15 is 0 Å². The van der Waals surface area contributed by atoms with Crippen LogP contribution in [0.15, 0.2) is 30.6 Å². The summed E-state index contributed by atoms with van der Waals surface area (Å²) in [5.41, 5.74) is 9.71. The van der Waals surface area contributed by atoms with Crippen LogP contribution in [-0.4, -0.2) is 48.0 Å². The van der Waals surface area contributed by atoms with E-state index in [0.29, 0.717) is 17.8 Å². The van der Waals surface area contributed by atoms with Crippen LogP contribution < -0.4 is 16.4 Å². The third kappa shape index (κ3) is 4.31. The minimum atomic E-state index is 0.367. The molecule has 0 amide bonds. The highest BCUT2D eigenvalue weighted by Crippen LogP contribution is 2.31. The molecule has 7 nitrogen and oxygen atoms in total. The Morgan fingerprint density at radius 2 is 2.11 bits per heavy atom. The molecule has 0 unspecified atom stereocenters. The maximum Gasteiger partial charge on any atom is 0.0922 e. The molecular weight excluding hydrogens is 352 g/mol. The lowest BCUT2D eigenvalue weighted by molar-refractivity contribution is 0.0211. The van der Waals surface area contributed by atoms with Crippen molar-refractivity contribution in [2.45, 2.75) is 37.8 Å². The van der Waals surface area contributed by atoms with Crippen molar-refractivity contribution >= 4 is 28.5 Å². The number of aromatic nitrogens is 2. The number of ether oxygens (including phenoxy) is 1. The molecule has 0 radical (unpaired) electrons. The third-order valence-electron chi connectivity index (χ3n) is 5.53. The van der Waals surface area contributed by atoms with Gasteiger partial charge in [0.05, 0.1) is 42.2 Å². The first-order valence-corrected chi connectivity index (χ1v) is 10.0. The van der Waals surface area contributed by atoms with Crippen LogP contribution in [0.2, 0.25) is 0 Å². The molecule has 2 heterocycles. The number of fused-ring (bicyclic) bond motifs is 1. The Kier molecular flexibility index (Phi) is 5.83. The molecule has 1 aromatic carbocycles. The van der Waals surface area contributed by atoms with Crippen LogP contribution in [-0.2, 0) is 4.74 Å². The van der Waals surface area contributed by atoms with E-state index in [-0.39, 0.29) is 0 Å². The van der Waals surface area contributed by atoms with E-state index in [2.05, 4.69) is 15.6 Å². The number of nitrogens with zero attached hydrogens (tertiary/aromatic N) is 2. The summed E-state index contributed by atoms with van der Waals surface area (Å²) < 4.78 is 5.21. The Labute approximate surface area is 165 Å². The first-order valence-electron chi connectivity index (χ1n) is 10.0. The van der Waals surface area contributed by atoms with Crippen molar-refractivity contribution < 1.29 is 4.74 Å². The molecule has 2 aromatic rings. The lowest BCUT2D eigenvalue weighted by atomic mass is 9.77. The molecule has 1 aliphatic carbocycles. The molecule has 0 spiro atoms. The molecule has 1 aromatic heterocycles. The van der Waals surface area contributed by atoms with Gasteiger partial charge in [-0.05, 0) is 56.3 Å². The average molecular weight is 380 g/mol. The van der Waals surface area contributed by atoms with E-state index in [1.54, 1.807) is 6.20 Å². The van der Waals surface area contributed by atoms with Crippen molar-refractivity contribution in [2.75, 3.05) is 25.1 Å². The molecule has 2 fully saturated rings. The Bertz CT molecular complexity index is 857. The molecule has 148 valence electrons. The highest BCUT2D eigenvalue weighted by Gasteiger charge is 2.27. The maximum atomic E-state index is 7.78. The number of allylic oxidation sites excluding steroid dienone is 1. The van der Waals surface area contributed by atoms with Gasteiger partial charge in [-0.25, -0.2) is 4.98 Å². The summed E-state index contributed by atoms with van der Waals surface area (Å²) >= 11 is 0. The van der Waals surface area contributed by atoms with E-state index in [4.69, 9.17) is 20.9 Å². The summed E-state index contributed by atoms with van der Waals surface area (Å²) in [5.74, 6) is 0.783. The van der Waals surface area contributed by atoms with E-state index < -0.39 is 0 Å².